The second-order valence-corrected chi connectivity index (χ2v) is 5.98. The van der Waals surface area contributed by atoms with Crippen LogP contribution in [-0.4, -0.2) is 58.2 Å². The van der Waals surface area contributed by atoms with Gasteiger partial charge in [0.15, 0.2) is 0 Å². The summed E-state index contributed by atoms with van der Waals surface area (Å²) in [5.41, 5.74) is 0. The summed E-state index contributed by atoms with van der Waals surface area (Å²) >= 11 is 0. The summed E-state index contributed by atoms with van der Waals surface area (Å²) in [6, 6.07) is 0. The summed E-state index contributed by atoms with van der Waals surface area (Å²) in [5, 5.41) is 0. The Bertz CT molecular complexity index is 212. The molecule has 90 valence electrons. The average molecular weight is 235 g/mol. The lowest BCUT2D eigenvalue weighted by molar-refractivity contribution is -0.140. The smallest absolute Gasteiger partial charge is 0.305 e. The van der Waals surface area contributed by atoms with Crippen LogP contribution in [-0.2, 0) is 9.53 Å². The number of hydrogen-bond donors (Lipinski definition) is 0. The third-order valence-corrected chi connectivity index (χ3v) is 4.13. The highest BCUT2D eigenvalue weighted by atomic mass is 32.3. The van der Waals surface area contributed by atoms with E-state index in [2.05, 4.69) is 9.64 Å². The predicted octanol–water partition coefficient (Wildman–Crippen LogP) is 0.321. The zero-order valence-electron chi connectivity index (χ0n) is 8.94. The fraction of sp³-hybridized carbons (Fsp3) is 0.889. The molecule has 1 heterocycles. The highest BCUT2D eigenvalue weighted by Crippen LogP contribution is 2.39. The van der Waals surface area contributed by atoms with Gasteiger partial charge in [-0.05, 0) is 24.5 Å². The Hall–Kier alpha value is -0.300. The van der Waals surface area contributed by atoms with E-state index < -0.39 is 10.6 Å². The maximum absolute atomic E-state index is 11.1. The molecule has 1 fully saturated rings. The standard InChI is InChI=1S/C9H19NO4S/c1-14-9(11)3-2-4-10-5-7-15(12,13)8-6-10/h12-13H,2-8H2,1H3/p-2. The van der Waals surface area contributed by atoms with E-state index in [1.54, 1.807) is 0 Å². The number of nitrogens with zero attached hydrogens (tertiary/aromatic N) is 1. The highest BCUT2D eigenvalue weighted by molar-refractivity contribution is 8.24. The van der Waals surface area contributed by atoms with Gasteiger partial charge < -0.3 is 29.3 Å². The molecular weight excluding hydrogens is 218 g/mol. The lowest BCUT2D eigenvalue weighted by Crippen LogP contribution is -2.39. The summed E-state index contributed by atoms with van der Waals surface area (Å²) in [7, 11) is -1.42. The van der Waals surface area contributed by atoms with Crippen LogP contribution in [0.3, 0.4) is 0 Å². The first-order chi connectivity index (χ1) is 7.03. The van der Waals surface area contributed by atoms with Crippen molar-refractivity contribution in [2.24, 2.45) is 0 Å². The van der Waals surface area contributed by atoms with E-state index in [1.165, 1.54) is 7.11 Å². The van der Waals surface area contributed by atoms with Crippen molar-refractivity contribution in [2.45, 2.75) is 12.8 Å². The molecule has 0 atom stereocenters. The van der Waals surface area contributed by atoms with Crippen LogP contribution < -0.4 is 0 Å². The Morgan fingerprint density at radius 1 is 1.40 bits per heavy atom. The van der Waals surface area contributed by atoms with E-state index in [1.807, 2.05) is 0 Å². The molecule has 0 N–H and O–H groups in total. The van der Waals surface area contributed by atoms with E-state index in [-0.39, 0.29) is 17.5 Å². The molecule has 0 aromatic carbocycles. The van der Waals surface area contributed by atoms with Crippen molar-refractivity contribution in [3.05, 3.63) is 0 Å². The van der Waals surface area contributed by atoms with E-state index in [4.69, 9.17) is 0 Å². The quantitative estimate of drug-likeness (QED) is 0.656. The molecule has 0 aromatic rings. The zero-order chi connectivity index (χ0) is 11.3. The fourth-order valence-electron chi connectivity index (χ4n) is 1.52. The maximum Gasteiger partial charge on any atom is 0.305 e. The van der Waals surface area contributed by atoms with E-state index in [0.29, 0.717) is 19.5 Å². The highest BCUT2D eigenvalue weighted by Gasteiger charge is 2.12. The zero-order valence-corrected chi connectivity index (χ0v) is 9.75. The van der Waals surface area contributed by atoms with Gasteiger partial charge in [0.2, 0.25) is 0 Å². The van der Waals surface area contributed by atoms with Crippen LogP contribution in [0.5, 0.6) is 0 Å². The van der Waals surface area contributed by atoms with E-state index >= 15 is 0 Å². The van der Waals surface area contributed by atoms with Crippen molar-refractivity contribution in [1.82, 2.24) is 4.90 Å². The minimum atomic E-state index is -2.79. The Kier molecular flexibility index (Phi) is 4.85. The van der Waals surface area contributed by atoms with Gasteiger partial charge in [-0.3, -0.25) is 4.79 Å². The first-order valence-corrected chi connectivity index (χ1v) is 6.85. The SMILES string of the molecule is COC(=O)CCCN1CCS([O-])([O-])CC1. The number of hydrogen-bond acceptors (Lipinski definition) is 5. The van der Waals surface area contributed by atoms with E-state index in [9.17, 15) is 13.9 Å². The molecule has 15 heavy (non-hydrogen) atoms. The van der Waals surface area contributed by atoms with Crippen LogP contribution in [0.4, 0.5) is 0 Å². The second kappa shape index (κ2) is 5.69. The Morgan fingerprint density at radius 2 is 2.00 bits per heavy atom. The van der Waals surface area contributed by atoms with Crippen LogP contribution >= 0.6 is 10.6 Å². The number of carbonyl (C=O) groups is 1. The van der Waals surface area contributed by atoms with Crippen molar-refractivity contribution in [2.75, 3.05) is 38.2 Å². The molecular formula is C9H17NO4S-2. The van der Waals surface area contributed by atoms with Gasteiger partial charge in [-0.2, -0.15) is 0 Å². The number of rotatable bonds is 4. The molecule has 1 aliphatic rings. The molecule has 0 saturated carbocycles. The largest absolute Gasteiger partial charge is 0.800 e. The van der Waals surface area contributed by atoms with Gasteiger partial charge in [-0.1, -0.05) is 0 Å². The molecule has 0 aromatic heterocycles. The minimum absolute atomic E-state index is 0.209. The Balaban J connectivity index is 2.11. The molecule has 1 saturated heterocycles. The van der Waals surface area contributed by atoms with Gasteiger partial charge in [0.1, 0.15) is 0 Å². The number of esters is 1. The molecule has 1 rings (SSSR count). The van der Waals surface area contributed by atoms with Crippen LogP contribution in [0, 0.1) is 0 Å². The Morgan fingerprint density at radius 3 is 2.53 bits per heavy atom. The number of ether oxygens (including phenoxy) is 1. The molecule has 1 aliphatic heterocycles. The van der Waals surface area contributed by atoms with Crippen molar-refractivity contribution < 1.29 is 18.6 Å². The number of methoxy groups -OCH3 is 1. The lowest BCUT2D eigenvalue weighted by Gasteiger charge is -2.63. The summed E-state index contributed by atoms with van der Waals surface area (Å²) in [4.78, 5) is 12.9. The molecule has 0 radical (unpaired) electrons. The summed E-state index contributed by atoms with van der Waals surface area (Å²) in [6.45, 7) is 1.94. The summed E-state index contributed by atoms with van der Waals surface area (Å²) < 4.78 is 26.8. The minimum Gasteiger partial charge on any atom is -0.800 e. The van der Waals surface area contributed by atoms with Crippen molar-refractivity contribution in [3.8, 4) is 0 Å². The lowest BCUT2D eigenvalue weighted by atomic mass is 10.3. The number of sulfone groups is 1. The summed E-state index contributed by atoms with van der Waals surface area (Å²) in [6.07, 6.45) is 1.13. The number of carbonyl (C=O) groups excluding carboxylic acids is 1. The van der Waals surface area contributed by atoms with Crippen molar-refractivity contribution in [3.63, 3.8) is 0 Å². The van der Waals surface area contributed by atoms with E-state index in [0.717, 1.165) is 13.0 Å². The topological polar surface area (TPSA) is 75.7 Å². The van der Waals surface area contributed by atoms with Gasteiger partial charge in [0, 0.05) is 19.5 Å². The summed E-state index contributed by atoms with van der Waals surface area (Å²) in [5.74, 6) is 0.274. The molecule has 0 spiro atoms. The predicted molar refractivity (Wildman–Crippen MR) is 56.6 cm³/mol. The van der Waals surface area contributed by atoms with Crippen LogP contribution in [0.2, 0.25) is 0 Å². The average Bonchev–Trinajstić information content (AvgIpc) is 2.20. The molecule has 6 heteroatoms. The van der Waals surface area contributed by atoms with Crippen molar-refractivity contribution in [1.29, 1.82) is 0 Å². The van der Waals surface area contributed by atoms with Crippen LogP contribution in [0.15, 0.2) is 0 Å². The molecule has 0 unspecified atom stereocenters. The van der Waals surface area contributed by atoms with Gasteiger partial charge in [-0.15, -0.1) is 0 Å². The third kappa shape index (κ3) is 4.83. The molecule has 0 aliphatic carbocycles. The van der Waals surface area contributed by atoms with Crippen LogP contribution in [0.1, 0.15) is 12.8 Å². The van der Waals surface area contributed by atoms with Gasteiger partial charge in [0.25, 0.3) is 0 Å². The first-order valence-electron chi connectivity index (χ1n) is 5.03. The monoisotopic (exact) mass is 235 g/mol. The van der Waals surface area contributed by atoms with Crippen LogP contribution in [0.25, 0.3) is 0 Å². The Labute approximate surface area is 91.8 Å². The third-order valence-electron chi connectivity index (χ3n) is 2.52. The molecule has 0 amide bonds. The normalized spacial score (nSPS) is 23.4. The first kappa shape index (κ1) is 12.8. The maximum atomic E-state index is 11.1. The molecule has 0 bridgehead atoms. The van der Waals surface area contributed by atoms with Gasteiger partial charge in [0.05, 0.1) is 7.11 Å². The molecule has 5 nitrogen and oxygen atoms in total. The fourth-order valence-corrected chi connectivity index (χ4v) is 2.80. The second-order valence-electron chi connectivity index (χ2n) is 3.67. The van der Waals surface area contributed by atoms with Gasteiger partial charge in [-0.25, -0.2) is 0 Å². The van der Waals surface area contributed by atoms with Gasteiger partial charge >= 0.3 is 5.97 Å². The van der Waals surface area contributed by atoms with Crippen molar-refractivity contribution >= 4 is 16.6 Å².